The fraction of sp³-hybridized carbons (Fsp3) is 0.273. The number of imidazole rings is 1. The molecule has 1 fully saturated rings. The van der Waals surface area contributed by atoms with E-state index in [0.717, 1.165) is 53.2 Å². The number of aromatic nitrogens is 5. The van der Waals surface area contributed by atoms with Crippen molar-refractivity contribution in [3.63, 3.8) is 0 Å². The molecule has 3 aromatic heterocycles. The molecule has 1 aliphatic rings. The van der Waals surface area contributed by atoms with Crippen LogP contribution < -0.4 is 0 Å². The minimum atomic E-state index is -0.0380. The van der Waals surface area contributed by atoms with Gasteiger partial charge in [0.25, 0.3) is 0 Å². The summed E-state index contributed by atoms with van der Waals surface area (Å²) in [6.45, 7) is 2.68. The van der Waals surface area contributed by atoms with Crippen LogP contribution in [0.2, 0.25) is 0 Å². The van der Waals surface area contributed by atoms with Crippen LogP contribution in [0.5, 0.6) is 0 Å². The van der Waals surface area contributed by atoms with E-state index in [1.165, 1.54) is 0 Å². The highest BCUT2D eigenvalue weighted by Gasteiger charge is 2.31. The Balaban J connectivity index is 1.40. The van der Waals surface area contributed by atoms with E-state index in [1.54, 1.807) is 18.6 Å². The zero-order valence-corrected chi connectivity index (χ0v) is 16.2. The number of likely N-dealkylation sites (tertiary alicyclic amines) is 1. The van der Waals surface area contributed by atoms with Crippen LogP contribution in [0.25, 0.3) is 16.7 Å². The number of amides is 1. The average Bonchev–Trinajstić information content (AvgIpc) is 3.48. The number of carbonyl (C=O) groups is 1. The van der Waals surface area contributed by atoms with E-state index in [2.05, 4.69) is 21.0 Å². The first-order valence-corrected chi connectivity index (χ1v) is 9.87. The van der Waals surface area contributed by atoms with Gasteiger partial charge in [0.05, 0.1) is 30.6 Å². The Kier molecular flexibility index (Phi) is 4.35. The summed E-state index contributed by atoms with van der Waals surface area (Å²) >= 11 is 0. The van der Waals surface area contributed by atoms with Crippen molar-refractivity contribution in [2.45, 2.75) is 32.2 Å². The Morgan fingerprint density at radius 1 is 1.28 bits per heavy atom. The third kappa shape index (κ3) is 3.18. The number of nitrogens with one attached hydrogen (secondary N) is 1. The second-order valence-electron chi connectivity index (χ2n) is 7.43. The maximum Gasteiger partial charge on any atom is 0.227 e. The molecule has 29 heavy (non-hydrogen) atoms. The molecule has 1 saturated heterocycles. The summed E-state index contributed by atoms with van der Waals surface area (Å²) in [5.41, 5.74) is 2.92. The fourth-order valence-corrected chi connectivity index (χ4v) is 4.18. The highest BCUT2D eigenvalue weighted by atomic mass is 16.2. The Morgan fingerprint density at radius 3 is 3.03 bits per heavy atom. The van der Waals surface area contributed by atoms with Gasteiger partial charge < -0.3 is 9.88 Å². The molecule has 0 radical (unpaired) electrons. The van der Waals surface area contributed by atoms with Crippen LogP contribution in [0.4, 0.5) is 0 Å². The topological polar surface area (TPSA) is 79.7 Å². The molecule has 0 saturated carbocycles. The number of hydrogen-bond donors (Lipinski definition) is 1. The number of rotatable bonds is 4. The number of para-hydroxylation sites is 1. The standard InChI is InChI=1S/C22H22N6O/c1-15-24-8-10-27(15)21-14-23-13-19(26-21)20-7-4-9-28(20)22(29)11-16-12-25-18-6-3-2-5-17(16)18/h2-3,5-6,8,10,12-14,20,25H,4,7,9,11H2,1H3/t20-/m0/s1. The molecular weight excluding hydrogens is 364 g/mol. The van der Waals surface area contributed by atoms with E-state index in [1.807, 2.05) is 47.0 Å². The summed E-state index contributed by atoms with van der Waals surface area (Å²) < 4.78 is 1.91. The quantitative estimate of drug-likeness (QED) is 0.583. The van der Waals surface area contributed by atoms with Gasteiger partial charge in [-0.1, -0.05) is 18.2 Å². The van der Waals surface area contributed by atoms with Crippen LogP contribution in [0.15, 0.2) is 55.2 Å². The normalized spacial score (nSPS) is 16.6. The van der Waals surface area contributed by atoms with Gasteiger partial charge in [-0.05, 0) is 31.4 Å². The Bertz CT molecular complexity index is 1180. The smallest absolute Gasteiger partial charge is 0.227 e. The molecule has 1 amide bonds. The number of H-pyrrole nitrogens is 1. The largest absolute Gasteiger partial charge is 0.361 e. The van der Waals surface area contributed by atoms with E-state index >= 15 is 0 Å². The maximum atomic E-state index is 13.2. The molecule has 1 atom stereocenters. The lowest BCUT2D eigenvalue weighted by atomic mass is 10.1. The number of benzene rings is 1. The summed E-state index contributed by atoms with van der Waals surface area (Å²) in [4.78, 5) is 31.8. The SMILES string of the molecule is Cc1nccn1-c1cncc([C@@H]2CCCN2C(=O)Cc2c[nH]c3ccccc23)n1. The molecule has 1 aromatic carbocycles. The van der Waals surface area contributed by atoms with Gasteiger partial charge in [-0.3, -0.25) is 14.3 Å². The molecule has 1 N–H and O–H groups in total. The van der Waals surface area contributed by atoms with Gasteiger partial charge >= 0.3 is 0 Å². The molecule has 146 valence electrons. The van der Waals surface area contributed by atoms with Crippen LogP contribution in [-0.2, 0) is 11.2 Å². The van der Waals surface area contributed by atoms with Crippen LogP contribution in [0.1, 0.15) is 36.0 Å². The van der Waals surface area contributed by atoms with Gasteiger partial charge in [-0.2, -0.15) is 0 Å². The summed E-state index contributed by atoms with van der Waals surface area (Å²) in [5, 5.41) is 1.11. The van der Waals surface area contributed by atoms with E-state index in [-0.39, 0.29) is 11.9 Å². The molecule has 0 aliphatic carbocycles. The molecule has 0 bridgehead atoms. The molecule has 7 nitrogen and oxygen atoms in total. The third-order valence-electron chi connectivity index (χ3n) is 5.64. The van der Waals surface area contributed by atoms with Crippen molar-refractivity contribution in [3.8, 4) is 5.82 Å². The van der Waals surface area contributed by atoms with Crippen LogP contribution in [-0.4, -0.2) is 41.9 Å². The van der Waals surface area contributed by atoms with E-state index in [0.29, 0.717) is 6.42 Å². The summed E-state index contributed by atoms with van der Waals surface area (Å²) in [5.74, 6) is 1.71. The number of fused-ring (bicyclic) bond motifs is 1. The minimum absolute atomic E-state index is 0.0380. The van der Waals surface area contributed by atoms with Crippen molar-refractivity contribution < 1.29 is 4.79 Å². The minimum Gasteiger partial charge on any atom is -0.361 e. The Hall–Kier alpha value is -3.48. The fourth-order valence-electron chi connectivity index (χ4n) is 4.18. The monoisotopic (exact) mass is 386 g/mol. The van der Waals surface area contributed by atoms with Crippen LogP contribution in [0.3, 0.4) is 0 Å². The number of aromatic amines is 1. The van der Waals surface area contributed by atoms with E-state index < -0.39 is 0 Å². The first-order chi connectivity index (χ1) is 14.2. The summed E-state index contributed by atoms with van der Waals surface area (Å²) in [6.07, 6.45) is 11.3. The maximum absolute atomic E-state index is 13.2. The van der Waals surface area contributed by atoms with Crippen molar-refractivity contribution in [1.82, 2.24) is 29.4 Å². The summed E-state index contributed by atoms with van der Waals surface area (Å²) in [6, 6.07) is 8.04. The molecule has 7 heteroatoms. The third-order valence-corrected chi connectivity index (χ3v) is 5.64. The van der Waals surface area contributed by atoms with Gasteiger partial charge in [0, 0.05) is 36.0 Å². The van der Waals surface area contributed by atoms with Crippen molar-refractivity contribution in [2.75, 3.05) is 6.54 Å². The predicted octanol–water partition coefficient (Wildman–Crippen LogP) is 3.36. The van der Waals surface area contributed by atoms with Gasteiger partial charge in [0.1, 0.15) is 5.82 Å². The van der Waals surface area contributed by atoms with Gasteiger partial charge in [-0.25, -0.2) is 9.97 Å². The molecule has 1 aliphatic heterocycles. The van der Waals surface area contributed by atoms with Gasteiger partial charge in [0.15, 0.2) is 5.82 Å². The van der Waals surface area contributed by atoms with Gasteiger partial charge in [0.2, 0.25) is 5.91 Å². The van der Waals surface area contributed by atoms with E-state index in [4.69, 9.17) is 4.98 Å². The number of carbonyl (C=O) groups excluding carboxylic acids is 1. The number of hydrogen-bond acceptors (Lipinski definition) is 4. The Morgan fingerprint density at radius 2 is 2.17 bits per heavy atom. The first-order valence-electron chi connectivity index (χ1n) is 9.87. The van der Waals surface area contributed by atoms with E-state index in [9.17, 15) is 4.79 Å². The lowest BCUT2D eigenvalue weighted by molar-refractivity contribution is -0.131. The zero-order valence-electron chi connectivity index (χ0n) is 16.2. The summed E-state index contributed by atoms with van der Waals surface area (Å²) in [7, 11) is 0. The number of aryl methyl sites for hydroxylation is 1. The molecule has 4 heterocycles. The lowest BCUT2D eigenvalue weighted by Crippen LogP contribution is -2.32. The molecule has 0 spiro atoms. The zero-order chi connectivity index (χ0) is 19.8. The average molecular weight is 386 g/mol. The van der Waals surface area contributed by atoms with Crippen molar-refractivity contribution in [3.05, 3.63) is 72.3 Å². The first kappa shape index (κ1) is 17.6. The Labute approximate surface area is 168 Å². The van der Waals surface area contributed by atoms with Crippen molar-refractivity contribution in [2.24, 2.45) is 0 Å². The van der Waals surface area contributed by atoms with Crippen LogP contribution >= 0.6 is 0 Å². The molecule has 0 unspecified atom stereocenters. The highest BCUT2D eigenvalue weighted by molar-refractivity contribution is 5.89. The highest BCUT2D eigenvalue weighted by Crippen LogP contribution is 2.32. The molecule has 5 rings (SSSR count). The predicted molar refractivity (Wildman–Crippen MR) is 110 cm³/mol. The van der Waals surface area contributed by atoms with Crippen molar-refractivity contribution in [1.29, 1.82) is 0 Å². The number of nitrogens with zero attached hydrogens (tertiary/aromatic N) is 5. The van der Waals surface area contributed by atoms with Gasteiger partial charge in [-0.15, -0.1) is 0 Å². The second kappa shape index (κ2) is 7.16. The lowest BCUT2D eigenvalue weighted by Gasteiger charge is -2.24. The molecule has 4 aromatic rings. The van der Waals surface area contributed by atoms with Crippen LogP contribution in [0, 0.1) is 6.92 Å². The molecular formula is C22H22N6O. The second-order valence-corrected chi connectivity index (χ2v) is 7.43. The van der Waals surface area contributed by atoms with Crippen molar-refractivity contribution >= 4 is 16.8 Å².